The van der Waals surface area contributed by atoms with Gasteiger partial charge < -0.3 is 11.5 Å². The van der Waals surface area contributed by atoms with Crippen LogP contribution in [0.25, 0.3) is 11.3 Å². The van der Waals surface area contributed by atoms with Gasteiger partial charge in [0.1, 0.15) is 5.15 Å². The number of nitrogens with two attached hydrogens (primary N) is 2. The van der Waals surface area contributed by atoms with E-state index in [-0.39, 0.29) is 6.04 Å². The van der Waals surface area contributed by atoms with Crippen LogP contribution in [-0.2, 0) is 7.05 Å². The van der Waals surface area contributed by atoms with E-state index < -0.39 is 0 Å². The molecule has 1 unspecified atom stereocenters. The summed E-state index contributed by atoms with van der Waals surface area (Å²) < 4.78 is 1.62. The van der Waals surface area contributed by atoms with Crippen molar-refractivity contribution in [1.29, 1.82) is 0 Å². The number of hydrogen-bond acceptors (Lipinski definition) is 3. The van der Waals surface area contributed by atoms with Gasteiger partial charge in [0, 0.05) is 30.8 Å². The predicted molar refractivity (Wildman–Crippen MR) is 69.6 cm³/mol. The molecule has 1 aromatic carbocycles. The highest BCUT2D eigenvalue weighted by atomic mass is 35.5. The predicted octanol–water partition coefficient (Wildman–Crippen LogP) is 1.70. The van der Waals surface area contributed by atoms with Crippen LogP contribution >= 0.6 is 11.6 Å². The lowest BCUT2D eigenvalue weighted by molar-refractivity contribution is 0.731. The number of halogens is 1. The Morgan fingerprint density at radius 2 is 2.00 bits per heavy atom. The summed E-state index contributed by atoms with van der Waals surface area (Å²) in [6.45, 7) is 0.339. The maximum absolute atomic E-state index is 6.20. The number of rotatable bonds is 3. The van der Waals surface area contributed by atoms with Crippen LogP contribution in [0.2, 0.25) is 5.15 Å². The first-order valence-electron chi connectivity index (χ1n) is 5.38. The second-order valence-corrected chi connectivity index (χ2v) is 4.24. The average molecular weight is 251 g/mol. The van der Waals surface area contributed by atoms with Crippen molar-refractivity contribution in [3.63, 3.8) is 0 Å². The minimum absolute atomic E-state index is 0.300. The van der Waals surface area contributed by atoms with Gasteiger partial charge in [-0.05, 0) is 0 Å². The van der Waals surface area contributed by atoms with E-state index in [1.54, 1.807) is 11.7 Å². The first-order valence-corrected chi connectivity index (χ1v) is 5.76. The quantitative estimate of drug-likeness (QED) is 0.871. The lowest BCUT2D eigenvalue weighted by Crippen LogP contribution is -2.21. The zero-order valence-electron chi connectivity index (χ0n) is 9.60. The number of aromatic nitrogens is 2. The lowest BCUT2D eigenvalue weighted by Gasteiger charge is -2.09. The van der Waals surface area contributed by atoms with Gasteiger partial charge in [-0.25, -0.2) is 0 Å². The summed E-state index contributed by atoms with van der Waals surface area (Å²) >= 11 is 6.20. The van der Waals surface area contributed by atoms with Gasteiger partial charge in [-0.3, -0.25) is 4.68 Å². The minimum Gasteiger partial charge on any atom is -0.329 e. The summed E-state index contributed by atoms with van der Waals surface area (Å²) in [5, 5.41) is 4.94. The van der Waals surface area contributed by atoms with Crippen molar-refractivity contribution in [3.05, 3.63) is 41.0 Å². The fourth-order valence-electron chi connectivity index (χ4n) is 1.78. The molecule has 1 atom stereocenters. The van der Waals surface area contributed by atoms with Crippen LogP contribution in [-0.4, -0.2) is 16.3 Å². The third kappa shape index (κ3) is 2.20. The fourth-order valence-corrected chi connectivity index (χ4v) is 2.04. The smallest absolute Gasteiger partial charge is 0.132 e. The topological polar surface area (TPSA) is 69.9 Å². The van der Waals surface area contributed by atoms with Crippen LogP contribution in [0.15, 0.2) is 30.3 Å². The van der Waals surface area contributed by atoms with Crippen molar-refractivity contribution in [2.45, 2.75) is 6.04 Å². The van der Waals surface area contributed by atoms with Crippen LogP contribution in [0.5, 0.6) is 0 Å². The fraction of sp³-hybridized carbons (Fsp3) is 0.250. The van der Waals surface area contributed by atoms with Crippen molar-refractivity contribution >= 4 is 11.6 Å². The van der Waals surface area contributed by atoms with Crippen LogP contribution in [0.1, 0.15) is 11.6 Å². The summed E-state index contributed by atoms with van der Waals surface area (Å²) in [7, 11) is 1.79. The lowest BCUT2D eigenvalue weighted by atomic mass is 10.0. The van der Waals surface area contributed by atoms with E-state index in [9.17, 15) is 0 Å². The number of aryl methyl sites for hydroxylation is 1. The summed E-state index contributed by atoms with van der Waals surface area (Å²) in [6, 6.07) is 9.52. The SMILES string of the molecule is Cn1nc(-c2ccccc2)c(C(N)CN)c1Cl. The first-order chi connectivity index (χ1) is 8.15. The Morgan fingerprint density at radius 1 is 1.35 bits per heavy atom. The van der Waals surface area contributed by atoms with Crippen LogP contribution in [0.3, 0.4) is 0 Å². The van der Waals surface area contributed by atoms with Gasteiger partial charge in [0.05, 0.1) is 5.69 Å². The second-order valence-electron chi connectivity index (χ2n) is 3.88. The Balaban J connectivity index is 2.58. The molecule has 2 aromatic rings. The molecular weight excluding hydrogens is 236 g/mol. The van der Waals surface area contributed by atoms with Gasteiger partial charge in [0.25, 0.3) is 0 Å². The summed E-state index contributed by atoms with van der Waals surface area (Å²) in [5.41, 5.74) is 14.2. The molecule has 4 nitrogen and oxygen atoms in total. The molecule has 17 heavy (non-hydrogen) atoms. The molecule has 2 rings (SSSR count). The van der Waals surface area contributed by atoms with Gasteiger partial charge in [-0.15, -0.1) is 0 Å². The summed E-state index contributed by atoms with van der Waals surface area (Å²) in [4.78, 5) is 0. The summed E-state index contributed by atoms with van der Waals surface area (Å²) in [5.74, 6) is 0. The van der Waals surface area contributed by atoms with E-state index in [0.29, 0.717) is 11.7 Å². The molecule has 0 bridgehead atoms. The Kier molecular flexibility index (Phi) is 3.47. The molecule has 0 spiro atoms. The summed E-state index contributed by atoms with van der Waals surface area (Å²) in [6.07, 6.45) is 0. The van der Waals surface area contributed by atoms with Gasteiger partial charge in [-0.1, -0.05) is 41.9 Å². The van der Waals surface area contributed by atoms with Crippen molar-refractivity contribution in [3.8, 4) is 11.3 Å². The Hall–Kier alpha value is -1.36. The van der Waals surface area contributed by atoms with E-state index in [4.69, 9.17) is 23.1 Å². The molecule has 0 radical (unpaired) electrons. The minimum atomic E-state index is -0.300. The molecule has 0 aliphatic heterocycles. The Bertz CT molecular complexity index is 507. The van der Waals surface area contributed by atoms with E-state index in [2.05, 4.69) is 5.10 Å². The normalized spacial score (nSPS) is 12.7. The van der Waals surface area contributed by atoms with E-state index in [1.807, 2.05) is 30.3 Å². The average Bonchev–Trinajstić information content (AvgIpc) is 2.66. The Labute approximate surface area is 105 Å². The number of benzene rings is 1. The maximum atomic E-state index is 6.20. The van der Waals surface area contributed by atoms with E-state index >= 15 is 0 Å². The van der Waals surface area contributed by atoms with Gasteiger partial charge in [0.2, 0.25) is 0 Å². The van der Waals surface area contributed by atoms with Crippen molar-refractivity contribution in [2.24, 2.45) is 18.5 Å². The molecule has 0 fully saturated rings. The molecule has 5 heteroatoms. The van der Waals surface area contributed by atoms with Gasteiger partial charge in [0.15, 0.2) is 0 Å². The van der Waals surface area contributed by atoms with Crippen LogP contribution in [0.4, 0.5) is 0 Å². The zero-order valence-corrected chi connectivity index (χ0v) is 10.4. The third-order valence-corrected chi connectivity index (χ3v) is 3.13. The molecule has 0 saturated carbocycles. The molecule has 0 aliphatic rings. The van der Waals surface area contributed by atoms with Crippen molar-refractivity contribution < 1.29 is 0 Å². The third-order valence-electron chi connectivity index (χ3n) is 2.68. The highest BCUT2D eigenvalue weighted by Gasteiger charge is 2.20. The second kappa shape index (κ2) is 4.87. The number of hydrogen-bond donors (Lipinski definition) is 2. The molecule has 0 amide bonds. The van der Waals surface area contributed by atoms with E-state index in [0.717, 1.165) is 16.8 Å². The van der Waals surface area contributed by atoms with Gasteiger partial charge >= 0.3 is 0 Å². The molecule has 0 aliphatic carbocycles. The molecule has 90 valence electrons. The van der Waals surface area contributed by atoms with Gasteiger partial charge in [-0.2, -0.15) is 5.10 Å². The molecular formula is C12H15ClN4. The Morgan fingerprint density at radius 3 is 2.59 bits per heavy atom. The molecule has 4 N–H and O–H groups in total. The largest absolute Gasteiger partial charge is 0.329 e. The first kappa shape index (κ1) is 12.1. The molecule has 0 saturated heterocycles. The maximum Gasteiger partial charge on any atom is 0.132 e. The van der Waals surface area contributed by atoms with Crippen LogP contribution < -0.4 is 11.5 Å². The zero-order chi connectivity index (χ0) is 12.4. The van der Waals surface area contributed by atoms with Crippen molar-refractivity contribution in [2.75, 3.05) is 6.54 Å². The van der Waals surface area contributed by atoms with Crippen molar-refractivity contribution in [1.82, 2.24) is 9.78 Å². The number of nitrogens with zero attached hydrogens (tertiary/aromatic N) is 2. The standard InChI is InChI=1S/C12H15ClN4/c1-17-12(13)10(9(15)7-14)11(16-17)8-5-3-2-4-6-8/h2-6,9H,7,14-15H2,1H3. The highest BCUT2D eigenvalue weighted by molar-refractivity contribution is 6.30. The highest BCUT2D eigenvalue weighted by Crippen LogP contribution is 2.31. The molecule has 1 aromatic heterocycles. The van der Waals surface area contributed by atoms with Crippen LogP contribution in [0, 0.1) is 0 Å². The monoisotopic (exact) mass is 250 g/mol. The van der Waals surface area contributed by atoms with E-state index in [1.165, 1.54) is 0 Å². The molecule has 1 heterocycles.